The summed E-state index contributed by atoms with van der Waals surface area (Å²) >= 11 is 0. The highest BCUT2D eigenvalue weighted by Gasteiger charge is 2.10. The maximum absolute atomic E-state index is 10.8. The summed E-state index contributed by atoms with van der Waals surface area (Å²) in [7, 11) is 0. The molecule has 0 aliphatic rings. The van der Waals surface area contributed by atoms with Gasteiger partial charge in [-0.25, -0.2) is 0 Å². The number of primary amides is 1. The number of hydrogen-bond acceptors (Lipinski definition) is 2. The molecule has 16 heavy (non-hydrogen) atoms. The number of aryl methyl sites for hydroxylation is 1. The van der Waals surface area contributed by atoms with Crippen molar-refractivity contribution in [3.63, 3.8) is 0 Å². The van der Waals surface area contributed by atoms with Gasteiger partial charge >= 0.3 is 0 Å². The number of carbonyl (C=O) groups is 1. The molecule has 0 saturated carbocycles. The zero-order chi connectivity index (χ0) is 13.3. The first-order chi connectivity index (χ1) is 7.52. The maximum atomic E-state index is 10.8. The first kappa shape index (κ1) is 17.1. The molecule has 1 aromatic heterocycles. The molecule has 1 rings (SSSR count). The second-order valence-corrected chi connectivity index (χ2v) is 3.10. The van der Waals surface area contributed by atoms with Crippen LogP contribution in [0.4, 0.5) is 0 Å². The van der Waals surface area contributed by atoms with E-state index in [4.69, 9.17) is 5.73 Å². The van der Waals surface area contributed by atoms with Gasteiger partial charge < -0.3 is 5.73 Å². The smallest absolute Gasteiger partial charge is 0.269 e. The van der Waals surface area contributed by atoms with Crippen molar-refractivity contribution in [3.05, 3.63) is 17.5 Å². The number of nitrogens with zero attached hydrogens (tertiary/aromatic N) is 2. The number of amides is 1. The molecule has 0 fully saturated rings. The lowest BCUT2D eigenvalue weighted by atomic mass is 10.3. The first-order valence-electron chi connectivity index (χ1n) is 5.88. The van der Waals surface area contributed by atoms with Crippen LogP contribution in [0.2, 0.25) is 0 Å². The van der Waals surface area contributed by atoms with Gasteiger partial charge in [-0.1, -0.05) is 27.7 Å². The first-order valence-corrected chi connectivity index (χ1v) is 5.88. The lowest BCUT2D eigenvalue weighted by Crippen LogP contribution is -2.14. The van der Waals surface area contributed by atoms with Crippen LogP contribution in [0.25, 0.3) is 0 Å². The Labute approximate surface area is 98.8 Å². The Balaban J connectivity index is 0. The van der Waals surface area contributed by atoms with Crippen LogP contribution in [0.3, 0.4) is 0 Å². The number of rotatable bonds is 2. The van der Waals surface area contributed by atoms with E-state index >= 15 is 0 Å². The van der Waals surface area contributed by atoms with Gasteiger partial charge in [0.05, 0.1) is 0 Å². The molecular weight excluding hydrogens is 202 g/mol. The van der Waals surface area contributed by atoms with Crippen LogP contribution in [0.15, 0.2) is 6.20 Å². The summed E-state index contributed by atoms with van der Waals surface area (Å²) < 4.78 is 1.73. The van der Waals surface area contributed by atoms with Gasteiger partial charge in [-0.15, -0.1) is 0 Å². The Morgan fingerprint density at radius 3 is 1.94 bits per heavy atom. The van der Waals surface area contributed by atoms with Gasteiger partial charge in [-0.3, -0.25) is 9.48 Å². The average Bonchev–Trinajstić information content (AvgIpc) is 2.66. The summed E-state index contributed by atoms with van der Waals surface area (Å²) in [4.78, 5) is 10.8. The third-order valence-corrected chi connectivity index (χ3v) is 1.68. The second-order valence-electron chi connectivity index (χ2n) is 3.10. The summed E-state index contributed by atoms with van der Waals surface area (Å²) in [5, 5.41) is 4.05. The minimum atomic E-state index is -0.466. The van der Waals surface area contributed by atoms with E-state index in [-0.39, 0.29) is 6.04 Å². The number of aromatic nitrogens is 2. The summed E-state index contributed by atoms with van der Waals surface area (Å²) in [5.41, 5.74) is 6.31. The summed E-state index contributed by atoms with van der Waals surface area (Å²) in [6.45, 7) is 13.8. The summed E-state index contributed by atoms with van der Waals surface area (Å²) in [6.07, 6.45) is 1.82. The van der Waals surface area contributed by atoms with E-state index < -0.39 is 5.91 Å². The number of carbonyl (C=O) groups excluding carboxylic acids is 1. The summed E-state index contributed by atoms with van der Waals surface area (Å²) in [5.74, 6) is -0.466. The molecule has 4 heteroatoms. The zero-order valence-electron chi connectivity index (χ0n) is 11.5. The van der Waals surface area contributed by atoms with E-state index in [0.717, 1.165) is 5.56 Å². The van der Waals surface area contributed by atoms with Crippen molar-refractivity contribution in [2.75, 3.05) is 0 Å². The monoisotopic (exact) mass is 227 g/mol. The molecule has 0 spiro atoms. The molecule has 2 N–H and O–H groups in total. The second kappa shape index (κ2) is 8.95. The standard InChI is InChI=1S/C8H13N3O.2C2H6/c1-5(2)11-4-6(3)7(10-11)8(9)12;2*1-2/h4-5H,1-3H3,(H2,9,12);2*1-2H3. The lowest BCUT2D eigenvalue weighted by Gasteiger charge is -2.02. The van der Waals surface area contributed by atoms with Crippen LogP contribution < -0.4 is 5.73 Å². The minimum absolute atomic E-state index is 0.261. The molecule has 0 aliphatic carbocycles. The van der Waals surface area contributed by atoms with Crippen LogP contribution >= 0.6 is 0 Å². The van der Waals surface area contributed by atoms with Gasteiger partial charge in [0.1, 0.15) is 0 Å². The van der Waals surface area contributed by atoms with Crippen molar-refractivity contribution < 1.29 is 4.79 Å². The largest absolute Gasteiger partial charge is 0.364 e. The average molecular weight is 227 g/mol. The Hall–Kier alpha value is -1.32. The van der Waals surface area contributed by atoms with Crippen LogP contribution in [0.5, 0.6) is 0 Å². The molecule has 0 aliphatic heterocycles. The minimum Gasteiger partial charge on any atom is -0.364 e. The van der Waals surface area contributed by atoms with Crippen molar-refractivity contribution in [3.8, 4) is 0 Å². The molecule has 0 unspecified atom stereocenters. The normalized spacial score (nSPS) is 8.75. The number of nitrogens with two attached hydrogens (primary N) is 1. The van der Waals surface area contributed by atoms with Crippen molar-refractivity contribution in [2.45, 2.75) is 54.5 Å². The Bertz CT molecular complexity index is 303. The predicted molar refractivity (Wildman–Crippen MR) is 68.6 cm³/mol. The Morgan fingerprint density at radius 1 is 1.31 bits per heavy atom. The molecule has 1 amide bonds. The Kier molecular flexibility index (Phi) is 9.55. The van der Waals surface area contributed by atoms with Crippen molar-refractivity contribution in [2.24, 2.45) is 5.73 Å². The van der Waals surface area contributed by atoms with E-state index in [0.29, 0.717) is 5.69 Å². The van der Waals surface area contributed by atoms with Crippen LogP contribution in [0.1, 0.15) is 63.6 Å². The highest BCUT2D eigenvalue weighted by molar-refractivity contribution is 5.92. The van der Waals surface area contributed by atoms with Crippen molar-refractivity contribution >= 4 is 5.91 Å². The third kappa shape index (κ3) is 4.96. The molecule has 0 saturated heterocycles. The van der Waals surface area contributed by atoms with E-state index in [1.54, 1.807) is 4.68 Å². The van der Waals surface area contributed by atoms with E-state index in [1.807, 2.05) is 54.7 Å². The van der Waals surface area contributed by atoms with Gasteiger partial charge in [-0.05, 0) is 20.8 Å². The molecule has 1 aromatic rings. The topological polar surface area (TPSA) is 60.9 Å². The lowest BCUT2D eigenvalue weighted by molar-refractivity contribution is 0.0994. The van der Waals surface area contributed by atoms with Gasteiger partial charge in [0.15, 0.2) is 5.69 Å². The van der Waals surface area contributed by atoms with Gasteiger partial charge in [0.25, 0.3) is 5.91 Å². The van der Waals surface area contributed by atoms with Gasteiger partial charge in [-0.2, -0.15) is 5.10 Å². The van der Waals surface area contributed by atoms with Crippen LogP contribution in [-0.2, 0) is 0 Å². The van der Waals surface area contributed by atoms with Gasteiger partial charge in [0, 0.05) is 17.8 Å². The molecule has 0 radical (unpaired) electrons. The SMILES string of the molecule is CC.CC.Cc1cn(C(C)C)nc1C(N)=O. The zero-order valence-corrected chi connectivity index (χ0v) is 11.5. The molecular formula is C12H25N3O. The molecule has 94 valence electrons. The van der Waals surface area contributed by atoms with E-state index in [9.17, 15) is 4.79 Å². The quantitative estimate of drug-likeness (QED) is 0.844. The highest BCUT2D eigenvalue weighted by atomic mass is 16.1. The molecule has 1 heterocycles. The molecule has 0 atom stereocenters. The fourth-order valence-electron chi connectivity index (χ4n) is 0.991. The maximum Gasteiger partial charge on any atom is 0.269 e. The predicted octanol–water partition coefficient (Wildman–Crippen LogP) is 2.92. The van der Waals surface area contributed by atoms with Crippen LogP contribution in [0, 0.1) is 6.92 Å². The van der Waals surface area contributed by atoms with E-state index in [1.165, 1.54) is 0 Å². The van der Waals surface area contributed by atoms with Crippen molar-refractivity contribution in [1.29, 1.82) is 0 Å². The third-order valence-electron chi connectivity index (χ3n) is 1.68. The number of hydrogen-bond donors (Lipinski definition) is 1. The fourth-order valence-corrected chi connectivity index (χ4v) is 0.991. The summed E-state index contributed by atoms with van der Waals surface area (Å²) in [6, 6.07) is 0.261. The molecule has 0 bridgehead atoms. The van der Waals surface area contributed by atoms with Crippen molar-refractivity contribution in [1.82, 2.24) is 9.78 Å². The van der Waals surface area contributed by atoms with Gasteiger partial charge in [0.2, 0.25) is 0 Å². The van der Waals surface area contributed by atoms with E-state index in [2.05, 4.69) is 5.10 Å². The molecule has 0 aromatic carbocycles. The Morgan fingerprint density at radius 2 is 1.75 bits per heavy atom. The highest BCUT2D eigenvalue weighted by Crippen LogP contribution is 2.08. The molecule has 4 nitrogen and oxygen atoms in total. The van der Waals surface area contributed by atoms with Crippen LogP contribution in [-0.4, -0.2) is 15.7 Å². The fraction of sp³-hybridized carbons (Fsp3) is 0.667.